The van der Waals surface area contributed by atoms with Gasteiger partial charge in [-0.3, -0.25) is 15.1 Å². The Morgan fingerprint density at radius 3 is 3.06 bits per heavy atom. The predicted octanol–water partition coefficient (Wildman–Crippen LogP) is 1.14. The van der Waals surface area contributed by atoms with Crippen LogP contribution in [-0.4, -0.2) is 30.5 Å². The maximum absolute atomic E-state index is 11.8. The second kappa shape index (κ2) is 4.15. The summed E-state index contributed by atoms with van der Waals surface area (Å²) in [6.07, 6.45) is 4.35. The second-order valence-corrected chi connectivity index (χ2v) is 4.39. The van der Waals surface area contributed by atoms with Gasteiger partial charge < -0.3 is 0 Å². The number of carbonyl (C=O) groups excluding carboxylic acids is 1. The molecule has 0 spiro atoms. The summed E-state index contributed by atoms with van der Waals surface area (Å²) in [7, 11) is 0. The molecule has 7 nitrogen and oxygen atoms in total. The topological polar surface area (TPSA) is 85.1 Å². The Labute approximate surface area is 106 Å². The zero-order valence-electron chi connectivity index (χ0n) is 9.36. The predicted molar refractivity (Wildman–Crippen MR) is 65.6 cm³/mol. The Balaban J connectivity index is 1.86. The van der Waals surface area contributed by atoms with E-state index in [-0.39, 0.29) is 17.5 Å². The fourth-order valence-electron chi connectivity index (χ4n) is 1.43. The number of anilines is 1. The van der Waals surface area contributed by atoms with Gasteiger partial charge in [0, 0.05) is 17.8 Å². The van der Waals surface area contributed by atoms with Crippen LogP contribution >= 0.6 is 11.3 Å². The lowest BCUT2D eigenvalue weighted by Crippen LogP contribution is -2.14. The molecule has 90 valence electrons. The molecule has 0 aliphatic carbocycles. The van der Waals surface area contributed by atoms with Gasteiger partial charge >= 0.3 is 0 Å². The summed E-state index contributed by atoms with van der Waals surface area (Å²) in [6.45, 7) is 1.92. The van der Waals surface area contributed by atoms with Gasteiger partial charge in [-0.2, -0.15) is 4.98 Å². The standard InChI is InChI=1S/C10H8N6OS/c1-6-5-18-10-14-9(15-16(6)10)13-8(17)7-4-11-2-3-12-7/h2-5H,1H3,(H,13,15,17). The van der Waals surface area contributed by atoms with Gasteiger partial charge in [0.15, 0.2) is 0 Å². The molecule has 3 rings (SSSR count). The van der Waals surface area contributed by atoms with E-state index in [1.54, 1.807) is 4.52 Å². The first-order valence-electron chi connectivity index (χ1n) is 5.12. The van der Waals surface area contributed by atoms with Crippen molar-refractivity contribution in [2.45, 2.75) is 6.92 Å². The Kier molecular flexibility index (Phi) is 2.49. The molecule has 0 saturated carbocycles. The second-order valence-electron chi connectivity index (χ2n) is 3.55. The fraction of sp³-hybridized carbons (Fsp3) is 0.100. The van der Waals surface area contributed by atoms with Crippen molar-refractivity contribution in [1.29, 1.82) is 0 Å². The van der Waals surface area contributed by atoms with Crippen LogP contribution in [0.1, 0.15) is 16.2 Å². The molecule has 18 heavy (non-hydrogen) atoms. The van der Waals surface area contributed by atoms with Crippen molar-refractivity contribution >= 4 is 28.2 Å². The average molecular weight is 260 g/mol. The maximum Gasteiger partial charge on any atom is 0.278 e. The maximum atomic E-state index is 11.8. The van der Waals surface area contributed by atoms with Crippen molar-refractivity contribution in [3.63, 3.8) is 0 Å². The number of hydrogen-bond donors (Lipinski definition) is 1. The lowest BCUT2D eigenvalue weighted by molar-refractivity contribution is 0.102. The van der Waals surface area contributed by atoms with Crippen LogP contribution in [0, 0.1) is 6.92 Å². The van der Waals surface area contributed by atoms with Crippen LogP contribution in [0.4, 0.5) is 5.95 Å². The van der Waals surface area contributed by atoms with Gasteiger partial charge in [0.25, 0.3) is 11.9 Å². The van der Waals surface area contributed by atoms with Gasteiger partial charge in [-0.15, -0.1) is 16.4 Å². The number of thiazole rings is 1. The zero-order valence-corrected chi connectivity index (χ0v) is 10.2. The van der Waals surface area contributed by atoms with Crippen LogP contribution in [0.15, 0.2) is 24.0 Å². The van der Waals surface area contributed by atoms with E-state index in [1.807, 2.05) is 12.3 Å². The number of aryl methyl sites for hydroxylation is 1. The quantitative estimate of drug-likeness (QED) is 0.746. The van der Waals surface area contributed by atoms with Crippen LogP contribution in [0.25, 0.3) is 4.96 Å². The molecule has 3 aromatic heterocycles. The Morgan fingerprint density at radius 1 is 1.44 bits per heavy atom. The summed E-state index contributed by atoms with van der Waals surface area (Å²) < 4.78 is 1.68. The van der Waals surface area contributed by atoms with Gasteiger partial charge in [0.05, 0.1) is 11.9 Å². The number of carbonyl (C=O) groups is 1. The van der Waals surface area contributed by atoms with Crippen molar-refractivity contribution in [2.24, 2.45) is 0 Å². The largest absolute Gasteiger partial charge is 0.288 e. The number of hydrogen-bond acceptors (Lipinski definition) is 6. The Morgan fingerprint density at radius 2 is 2.33 bits per heavy atom. The van der Waals surface area contributed by atoms with E-state index in [0.29, 0.717) is 0 Å². The number of aromatic nitrogens is 5. The minimum Gasteiger partial charge on any atom is -0.288 e. The van der Waals surface area contributed by atoms with Crippen LogP contribution in [0.3, 0.4) is 0 Å². The van der Waals surface area contributed by atoms with Crippen molar-refractivity contribution in [1.82, 2.24) is 24.6 Å². The molecule has 0 saturated heterocycles. The molecule has 0 bridgehead atoms. The van der Waals surface area contributed by atoms with Gasteiger partial charge in [-0.25, -0.2) is 9.50 Å². The molecule has 0 unspecified atom stereocenters. The van der Waals surface area contributed by atoms with Gasteiger partial charge in [-0.1, -0.05) is 0 Å². The van der Waals surface area contributed by atoms with Crippen LogP contribution in [0.5, 0.6) is 0 Å². The normalized spacial score (nSPS) is 10.7. The monoisotopic (exact) mass is 260 g/mol. The molecule has 0 radical (unpaired) electrons. The molecular formula is C10H8N6OS. The van der Waals surface area contributed by atoms with E-state index >= 15 is 0 Å². The third-order valence-electron chi connectivity index (χ3n) is 2.27. The van der Waals surface area contributed by atoms with Gasteiger partial charge in [0.2, 0.25) is 4.96 Å². The molecule has 0 atom stereocenters. The highest BCUT2D eigenvalue weighted by atomic mass is 32.1. The molecule has 3 aromatic rings. The lowest BCUT2D eigenvalue weighted by atomic mass is 10.4. The minimum atomic E-state index is -0.376. The first-order valence-corrected chi connectivity index (χ1v) is 6.00. The summed E-state index contributed by atoms with van der Waals surface area (Å²) in [6, 6.07) is 0. The number of rotatable bonds is 2. The first-order chi connectivity index (χ1) is 8.74. The number of fused-ring (bicyclic) bond motifs is 1. The summed E-state index contributed by atoms with van der Waals surface area (Å²) in [5.74, 6) is -0.111. The first kappa shape index (κ1) is 10.8. The molecule has 8 heteroatoms. The molecule has 1 N–H and O–H groups in total. The summed E-state index contributed by atoms with van der Waals surface area (Å²) in [5.41, 5.74) is 1.20. The third kappa shape index (κ3) is 1.82. The number of nitrogens with one attached hydrogen (secondary N) is 1. The highest BCUT2D eigenvalue weighted by Gasteiger charge is 2.12. The van der Waals surface area contributed by atoms with E-state index in [4.69, 9.17) is 0 Å². The number of nitrogens with zero attached hydrogens (tertiary/aromatic N) is 5. The van der Waals surface area contributed by atoms with Crippen LogP contribution in [0.2, 0.25) is 0 Å². The molecule has 0 aliphatic rings. The summed E-state index contributed by atoms with van der Waals surface area (Å²) in [5, 5.41) is 8.70. The molecule has 0 fully saturated rings. The van der Waals surface area contributed by atoms with Crippen molar-refractivity contribution in [3.8, 4) is 0 Å². The van der Waals surface area contributed by atoms with Crippen molar-refractivity contribution in [3.05, 3.63) is 35.4 Å². The molecule has 0 aliphatic heterocycles. The highest BCUT2D eigenvalue weighted by molar-refractivity contribution is 7.15. The van der Waals surface area contributed by atoms with Crippen molar-refractivity contribution in [2.75, 3.05) is 5.32 Å². The molecule has 3 heterocycles. The Bertz CT molecular complexity index is 704. The zero-order chi connectivity index (χ0) is 12.5. The van der Waals surface area contributed by atoms with E-state index in [0.717, 1.165) is 10.7 Å². The molecular weight excluding hydrogens is 252 g/mol. The molecule has 1 amide bonds. The third-order valence-corrected chi connectivity index (χ3v) is 3.20. The Hall–Kier alpha value is -2.35. The van der Waals surface area contributed by atoms with E-state index in [2.05, 4.69) is 25.4 Å². The van der Waals surface area contributed by atoms with E-state index < -0.39 is 0 Å². The lowest BCUT2D eigenvalue weighted by Gasteiger charge is -1.98. The minimum absolute atomic E-state index is 0.229. The van der Waals surface area contributed by atoms with Crippen molar-refractivity contribution < 1.29 is 4.79 Å². The number of amides is 1. The van der Waals surface area contributed by atoms with Crippen LogP contribution < -0.4 is 5.32 Å². The fourth-order valence-corrected chi connectivity index (χ4v) is 2.23. The van der Waals surface area contributed by atoms with E-state index in [1.165, 1.54) is 29.9 Å². The highest BCUT2D eigenvalue weighted by Crippen LogP contribution is 2.15. The summed E-state index contributed by atoms with van der Waals surface area (Å²) in [4.78, 5) is 24.5. The van der Waals surface area contributed by atoms with E-state index in [9.17, 15) is 4.79 Å². The SMILES string of the molecule is Cc1csc2nc(NC(=O)c3cnccn3)nn12. The summed E-state index contributed by atoms with van der Waals surface area (Å²) >= 11 is 1.47. The smallest absolute Gasteiger partial charge is 0.278 e. The molecule has 0 aromatic carbocycles. The van der Waals surface area contributed by atoms with Gasteiger partial charge in [-0.05, 0) is 6.92 Å². The van der Waals surface area contributed by atoms with Crippen LogP contribution in [-0.2, 0) is 0 Å². The van der Waals surface area contributed by atoms with Gasteiger partial charge in [0.1, 0.15) is 5.69 Å². The average Bonchev–Trinajstić information content (AvgIpc) is 2.93.